The van der Waals surface area contributed by atoms with Gasteiger partial charge in [0.05, 0.1) is 12.0 Å². The molecular weight excluding hydrogens is 246 g/mol. The van der Waals surface area contributed by atoms with Crippen LogP contribution in [-0.2, 0) is 13.6 Å². The Morgan fingerprint density at radius 2 is 2.21 bits per heavy atom. The molecular formula is C13H15N3O3. The number of nitro groups is 1. The molecule has 2 rings (SSSR count). The molecule has 1 N–H and O–H groups in total. The molecule has 0 bridgehead atoms. The number of aromatic nitrogens is 1. The van der Waals surface area contributed by atoms with Crippen LogP contribution in [0.3, 0.4) is 0 Å². The van der Waals surface area contributed by atoms with E-state index in [1.165, 1.54) is 13.2 Å². The number of methoxy groups -OCH3 is 1. The van der Waals surface area contributed by atoms with Crippen LogP contribution < -0.4 is 10.1 Å². The van der Waals surface area contributed by atoms with Gasteiger partial charge in [0.25, 0.3) is 0 Å². The van der Waals surface area contributed by atoms with Gasteiger partial charge in [0.15, 0.2) is 5.75 Å². The monoisotopic (exact) mass is 261 g/mol. The van der Waals surface area contributed by atoms with Crippen LogP contribution in [0.25, 0.3) is 0 Å². The molecule has 6 heteroatoms. The Balaban J connectivity index is 2.12. The average molecular weight is 261 g/mol. The first-order chi connectivity index (χ1) is 9.10. The zero-order valence-electron chi connectivity index (χ0n) is 10.8. The maximum atomic E-state index is 10.9. The number of nitro benzene ring substituents is 1. The summed E-state index contributed by atoms with van der Waals surface area (Å²) in [5, 5.41) is 14.1. The third-order valence-corrected chi connectivity index (χ3v) is 2.77. The van der Waals surface area contributed by atoms with Crippen LogP contribution in [0.5, 0.6) is 5.75 Å². The van der Waals surface area contributed by atoms with E-state index >= 15 is 0 Å². The smallest absolute Gasteiger partial charge is 0.312 e. The van der Waals surface area contributed by atoms with E-state index in [1.807, 2.05) is 30.1 Å². The Kier molecular flexibility index (Phi) is 3.70. The van der Waals surface area contributed by atoms with Crippen molar-refractivity contribution < 1.29 is 9.66 Å². The summed E-state index contributed by atoms with van der Waals surface area (Å²) in [6.07, 6.45) is 3.94. The van der Waals surface area contributed by atoms with Crippen molar-refractivity contribution in [3.63, 3.8) is 0 Å². The molecule has 1 aromatic carbocycles. The molecule has 0 radical (unpaired) electrons. The van der Waals surface area contributed by atoms with Crippen molar-refractivity contribution in [3.05, 3.63) is 52.3 Å². The number of ether oxygens (including phenoxy) is 1. The Morgan fingerprint density at radius 1 is 1.42 bits per heavy atom. The van der Waals surface area contributed by atoms with Gasteiger partial charge >= 0.3 is 5.69 Å². The van der Waals surface area contributed by atoms with Gasteiger partial charge in [-0.15, -0.1) is 0 Å². The van der Waals surface area contributed by atoms with Crippen LogP contribution in [-0.4, -0.2) is 16.6 Å². The largest absolute Gasteiger partial charge is 0.490 e. The Morgan fingerprint density at radius 3 is 2.79 bits per heavy atom. The first-order valence-electron chi connectivity index (χ1n) is 5.77. The molecule has 1 aromatic heterocycles. The molecule has 0 saturated carbocycles. The second kappa shape index (κ2) is 5.43. The van der Waals surface area contributed by atoms with Gasteiger partial charge in [-0.05, 0) is 23.8 Å². The van der Waals surface area contributed by atoms with Crippen LogP contribution in [0, 0.1) is 10.1 Å². The molecule has 0 aliphatic rings. The lowest BCUT2D eigenvalue weighted by Gasteiger charge is -2.07. The van der Waals surface area contributed by atoms with Crippen LogP contribution in [0.2, 0.25) is 0 Å². The summed E-state index contributed by atoms with van der Waals surface area (Å²) in [5.41, 5.74) is 1.76. The van der Waals surface area contributed by atoms with E-state index < -0.39 is 4.92 Å². The van der Waals surface area contributed by atoms with Crippen LogP contribution >= 0.6 is 0 Å². The highest BCUT2D eigenvalue weighted by atomic mass is 16.6. The van der Waals surface area contributed by atoms with Crippen molar-refractivity contribution in [2.75, 3.05) is 12.4 Å². The van der Waals surface area contributed by atoms with E-state index in [9.17, 15) is 10.1 Å². The first-order valence-corrected chi connectivity index (χ1v) is 5.77. The van der Waals surface area contributed by atoms with Gasteiger partial charge in [-0.2, -0.15) is 0 Å². The normalized spacial score (nSPS) is 10.2. The molecule has 19 heavy (non-hydrogen) atoms. The van der Waals surface area contributed by atoms with E-state index in [4.69, 9.17) is 4.74 Å². The van der Waals surface area contributed by atoms with Crippen molar-refractivity contribution in [3.8, 4) is 5.75 Å². The van der Waals surface area contributed by atoms with Crippen LogP contribution in [0.4, 0.5) is 11.4 Å². The zero-order valence-corrected chi connectivity index (χ0v) is 10.8. The van der Waals surface area contributed by atoms with Crippen molar-refractivity contribution in [2.45, 2.75) is 6.54 Å². The lowest BCUT2D eigenvalue weighted by atomic mass is 10.2. The SMILES string of the molecule is COc1ccc(NCc2ccn(C)c2)cc1[N+](=O)[O-]. The van der Waals surface area contributed by atoms with Crippen LogP contribution in [0.15, 0.2) is 36.7 Å². The molecule has 1 heterocycles. The summed E-state index contributed by atoms with van der Waals surface area (Å²) in [4.78, 5) is 10.5. The highest BCUT2D eigenvalue weighted by Crippen LogP contribution is 2.29. The Labute approximate surface area is 110 Å². The van der Waals surface area contributed by atoms with Crippen molar-refractivity contribution in [1.82, 2.24) is 4.57 Å². The predicted octanol–water partition coefficient (Wildman–Crippen LogP) is 2.55. The minimum absolute atomic E-state index is 0.0411. The first kappa shape index (κ1) is 12.9. The molecule has 0 aliphatic carbocycles. The number of nitrogens with one attached hydrogen (secondary N) is 1. The van der Waals surface area contributed by atoms with Crippen molar-refractivity contribution in [2.24, 2.45) is 7.05 Å². The summed E-state index contributed by atoms with van der Waals surface area (Å²) < 4.78 is 6.91. The number of rotatable bonds is 5. The summed E-state index contributed by atoms with van der Waals surface area (Å²) in [6, 6.07) is 6.81. The molecule has 0 atom stereocenters. The van der Waals surface area contributed by atoms with E-state index in [-0.39, 0.29) is 11.4 Å². The summed E-state index contributed by atoms with van der Waals surface area (Å²) >= 11 is 0. The number of benzene rings is 1. The molecule has 2 aromatic rings. The average Bonchev–Trinajstić information content (AvgIpc) is 2.81. The Hall–Kier alpha value is -2.50. The number of aryl methyl sites for hydroxylation is 1. The highest BCUT2D eigenvalue weighted by molar-refractivity contribution is 5.58. The zero-order chi connectivity index (χ0) is 13.8. The predicted molar refractivity (Wildman–Crippen MR) is 72.4 cm³/mol. The van der Waals surface area contributed by atoms with Gasteiger partial charge in [-0.3, -0.25) is 10.1 Å². The second-order valence-corrected chi connectivity index (χ2v) is 4.18. The third kappa shape index (κ3) is 3.04. The van der Waals surface area contributed by atoms with Gasteiger partial charge in [-0.25, -0.2) is 0 Å². The number of hydrogen-bond donors (Lipinski definition) is 1. The molecule has 0 saturated heterocycles. The minimum Gasteiger partial charge on any atom is -0.490 e. The fraction of sp³-hybridized carbons (Fsp3) is 0.231. The molecule has 0 aliphatic heterocycles. The molecule has 0 spiro atoms. The van der Waals surface area contributed by atoms with Gasteiger partial charge in [0.2, 0.25) is 0 Å². The fourth-order valence-corrected chi connectivity index (χ4v) is 1.81. The van der Waals surface area contributed by atoms with Gasteiger partial charge < -0.3 is 14.6 Å². The lowest BCUT2D eigenvalue weighted by molar-refractivity contribution is -0.385. The molecule has 100 valence electrons. The van der Waals surface area contributed by atoms with Crippen molar-refractivity contribution in [1.29, 1.82) is 0 Å². The third-order valence-electron chi connectivity index (χ3n) is 2.77. The maximum absolute atomic E-state index is 10.9. The van der Waals surface area contributed by atoms with Crippen molar-refractivity contribution >= 4 is 11.4 Å². The molecule has 0 fully saturated rings. The molecule has 0 unspecified atom stereocenters. The molecule has 0 amide bonds. The van der Waals surface area contributed by atoms with E-state index in [1.54, 1.807) is 12.1 Å². The van der Waals surface area contributed by atoms with E-state index in [0.717, 1.165) is 5.56 Å². The van der Waals surface area contributed by atoms with Crippen LogP contribution in [0.1, 0.15) is 5.56 Å². The molecule has 6 nitrogen and oxygen atoms in total. The van der Waals surface area contributed by atoms with E-state index in [0.29, 0.717) is 12.2 Å². The van der Waals surface area contributed by atoms with Gasteiger partial charge in [-0.1, -0.05) is 0 Å². The standard InChI is InChI=1S/C13H15N3O3/c1-15-6-5-10(9-15)8-14-11-3-4-13(19-2)12(7-11)16(17)18/h3-7,9,14H,8H2,1-2H3. The summed E-state index contributed by atoms with van der Waals surface area (Å²) in [6.45, 7) is 0.615. The second-order valence-electron chi connectivity index (χ2n) is 4.18. The summed E-state index contributed by atoms with van der Waals surface area (Å²) in [5.74, 6) is 0.260. The number of nitrogens with zero attached hydrogens (tertiary/aromatic N) is 2. The maximum Gasteiger partial charge on any atom is 0.312 e. The van der Waals surface area contributed by atoms with Gasteiger partial charge in [0, 0.05) is 37.7 Å². The minimum atomic E-state index is -0.452. The van der Waals surface area contributed by atoms with E-state index in [2.05, 4.69) is 5.32 Å². The highest BCUT2D eigenvalue weighted by Gasteiger charge is 2.14. The van der Waals surface area contributed by atoms with Gasteiger partial charge in [0.1, 0.15) is 0 Å². The quantitative estimate of drug-likeness (QED) is 0.663. The fourth-order valence-electron chi connectivity index (χ4n) is 1.81. The summed E-state index contributed by atoms with van der Waals surface area (Å²) in [7, 11) is 3.36. The number of anilines is 1. The number of hydrogen-bond acceptors (Lipinski definition) is 4. The topological polar surface area (TPSA) is 69.3 Å². The lowest BCUT2D eigenvalue weighted by Crippen LogP contribution is -2.00. The Bertz CT molecular complexity index is 593.